The fourth-order valence-corrected chi connectivity index (χ4v) is 3.74. The van der Waals surface area contributed by atoms with E-state index in [0.29, 0.717) is 12.8 Å². The van der Waals surface area contributed by atoms with E-state index >= 15 is 0 Å². The van der Waals surface area contributed by atoms with Gasteiger partial charge in [-0.15, -0.1) is 0 Å². The number of benzene rings is 1. The predicted molar refractivity (Wildman–Crippen MR) is 84.7 cm³/mol. The zero-order valence-electron chi connectivity index (χ0n) is 13.2. The van der Waals surface area contributed by atoms with Crippen molar-refractivity contribution in [3.05, 3.63) is 29.8 Å². The Morgan fingerprint density at radius 3 is 2.82 bits per heavy atom. The molecule has 3 atom stereocenters. The molecule has 1 aromatic carbocycles. The van der Waals surface area contributed by atoms with Gasteiger partial charge in [-0.1, -0.05) is 18.2 Å². The Kier molecular flexibility index (Phi) is 4.36. The van der Waals surface area contributed by atoms with E-state index in [2.05, 4.69) is 41.1 Å². The van der Waals surface area contributed by atoms with Gasteiger partial charge in [0.1, 0.15) is 0 Å². The quantitative estimate of drug-likeness (QED) is 0.834. The maximum absolute atomic E-state index is 11.7. The first-order valence-electron chi connectivity index (χ1n) is 7.89. The molecule has 120 valence electrons. The lowest BCUT2D eigenvalue weighted by Gasteiger charge is -2.29. The molecule has 0 saturated heterocycles. The van der Waals surface area contributed by atoms with Gasteiger partial charge in [0.2, 0.25) is 0 Å². The molecule has 0 amide bonds. The number of para-hydroxylation sites is 1. The minimum absolute atomic E-state index is 0.0312. The summed E-state index contributed by atoms with van der Waals surface area (Å²) in [7, 11) is 3.52. The average Bonchev–Trinajstić information content (AvgIpc) is 2.84. The molecule has 3 rings (SSSR count). The van der Waals surface area contributed by atoms with Crippen molar-refractivity contribution >= 4 is 11.7 Å². The molecular weight excluding hydrogens is 280 g/mol. The Bertz CT molecular complexity index is 548. The van der Waals surface area contributed by atoms with Crippen molar-refractivity contribution in [1.29, 1.82) is 0 Å². The molecule has 0 radical (unpaired) electrons. The molecular formula is C17H24N2O3. The highest BCUT2D eigenvalue weighted by Gasteiger charge is 2.41. The second kappa shape index (κ2) is 6.26. The Labute approximate surface area is 131 Å². The number of fused-ring (bicyclic) bond motifs is 1. The Balaban J connectivity index is 1.77. The summed E-state index contributed by atoms with van der Waals surface area (Å²) in [6.45, 7) is 2.63. The first-order valence-corrected chi connectivity index (χ1v) is 7.89. The van der Waals surface area contributed by atoms with Gasteiger partial charge in [-0.05, 0) is 24.5 Å². The molecule has 1 heterocycles. The van der Waals surface area contributed by atoms with Crippen LogP contribution in [0.1, 0.15) is 18.4 Å². The summed E-state index contributed by atoms with van der Waals surface area (Å²) in [6, 6.07) is 8.43. The van der Waals surface area contributed by atoms with E-state index in [9.17, 15) is 9.90 Å². The van der Waals surface area contributed by atoms with Crippen molar-refractivity contribution in [2.24, 2.45) is 5.92 Å². The first kappa shape index (κ1) is 15.3. The summed E-state index contributed by atoms with van der Waals surface area (Å²) in [6.07, 6.45) is 0.727. The molecule has 1 saturated carbocycles. The van der Waals surface area contributed by atoms with Gasteiger partial charge in [0.25, 0.3) is 0 Å². The number of ether oxygens (including phenoxy) is 1. The van der Waals surface area contributed by atoms with Crippen LogP contribution in [0.5, 0.6) is 0 Å². The summed E-state index contributed by atoms with van der Waals surface area (Å²) in [5.74, 6) is -0.380. The molecule has 22 heavy (non-hydrogen) atoms. The number of hydrogen-bond acceptors (Lipinski definition) is 5. The fraction of sp³-hybridized carbons (Fsp3) is 0.588. The molecule has 0 aromatic heterocycles. The average molecular weight is 304 g/mol. The number of nitrogens with zero attached hydrogens (tertiary/aromatic N) is 2. The SMILES string of the molecule is COC(=O)[C@@H]1C[C@@H](O)[C@@H](N2CCN(C)c3ccccc3C2)C1. The largest absolute Gasteiger partial charge is 0.469 e. The van der Waals surface area contributed by atoms with Gasteiger partial charge in [0, 0.05) is 38.4 Å². The summed E-state index contributed by atoms with van der Waals surface area (Å²) in [5.41, 5.74) is 2.53. The second-order valence-corrected chi connectivity index (χ2v) is 6.35. The zero-order valence-corrected chi connectivity index (χ0v) is 13.2. The number of esters is 1. The van der Waals surface area contributed by atoms with E-state index in [4.69, 9.17) is 4.74 Å². The molecule has 0 spiro atoms. The Hall–Kier alpha value is -1.59. The molecule has 5 heteroatoms. The van der Waals surface area contributed by atoms with Crippen LogP contribution >= 0.6 is 0 Å². The molecule has 1 N–H and O–H groups in total. The van der Waals surface area contributed by atoms with Crippen molar-refractivity contribution in [3.8, 4) is 0 Å². The highest BCUT2D eigenvalue weighted by molar-refractivity contribution is 5.72. The summed E-state index contributed by atoms with van der Waals surface area (Å²) < 4.78 is 4.84. The van der Waals surface area contributed by atoms with E-state index in [1.165, 1.54) is 18.4 Å². The molecule has 0 unspecified atom stereocenters. The van der Waals surface area contributed by atoms with E-state index in [-0.39, 0.29) is 17.9 Å². The molecule has 0 bridgehead atoms. The number of likely N-dealkylation sites (N-methyl/N-ethyl adjacent to an activating group) is 1. The Morgan fingerprint density at radius 1 is 1.27 bits per heavy atom. The maximum atomic E-state index is 11.7. The van der Waals surface area contributed by atoms with E-state index in [1.807, 2.05) is 0 Å². The van der Waals surface area contributed by atoms with Crippen LogP contribution in [0.25, 0.3) is 0 Å². The van der Waals surface area contributed by atoms with Gasteiger partial charge in [-0.2, -0.15) is 0 Å². The van der Waals surface area contributed by atoms with Crippen LogP contribution in [0, 0.1) is 5.92 Å². The molecule has 2 aliphatic rings. The predicted octanol–water partition coefficient (Wildman–Crippen LogP) is 1.25. The van der Waals surface area contributed by atoms with Gasteiger partial charge in [-0.25, -0.2) is 0 Å². The van der Waals surface area contributed by atoms with Crippen molar-refractivity contribution in [1.82, 2.24) is 4.90 Å². The maximum Gasteiger partial charge on any atom is 0.308 e. The highest BCUT2D eigenvalue weighted by Crippen LogP contribution is 2.33. The van der Waals surface area contributed by atoms with Crippen LogP contribution in [0.15, 0.2) is 24.3 Å². The third-order valence-electron chi connectivity index (χ3n) is 5.00. The standard InChI is InChI=1S/C17H24N2O3/c1-18-7-8-19(11-12-5-3-4-6-14(12)18)15-9-13(10-16(15)20)17(21)22-2/h3-6,13,15-16,20H,7-11H2,1-2H3/t13-,15-,16+/m0/s1. The summed E-state index contributed by atoms with van der Waals surface area (Å²) in [5, 5.41) is 10.4. The molecule has 1 fully saturated rings. The smallest absolute Gasteiger partial charge is 0.308 e. The Morgan fingerprint density at radius 2 is 2.05 bits per heavy atom. The van der Waals surface area contributed by atoms with Gasteiger partial charge >= 0.3 is 5.97 Å². The normalized spacial score (nSPS) is 29.0. The fourth-order valence-electron chi connectivity index (χ4n) is 3.74. The monoisotopic (exact) mass is 304 g/mol. The highest BCUT2D eigenvalue weighted by atomic mass is 16.5. The number of hydrogen-bond donors (Lipinski definition) is 1. The van der Waals surface area contributed by atoms with Gasteiger partial charge in [0.05, 0.1) is 19.1 Å². The van der Waals surface area contributed by atoms with Crippen LogP contribution in [-0.2, 0) is 16.1 Å². The van der Waals surface area contributed by atoms with Crippen LogP contribution in [0.3, 0.4) is 0 Å². The van der Waals surface area contributed by atoms with Gasteiger partial charge < -0.3 is 14.7 Å². The lowest BCUT2D eigenvalue weighted by molar-refractivity contribution is -0.145. The number of methoxy groups -OCH3 is 1. The van der Waals surface area contributed by atoms with E-state index in [0.717, 1.165) is 19.6 Å². The number of rotatable bonds is 2. The molecule has 5 nitrogen and oxygen atoms in total. The summed E-state index contributed by atoms with van der Waals surface area (Å²) in [4.78, 5) is 16.3. The van der Waals surface area contributed by atoms with Crippen molar-refractivity contribution in [2.45, 2.75) is 31.5 Å². The summed E-state index contributed by atoms with van der Waals surface area (Å²) >= 11 is 0. The third-order valence-corrected chi connectivity index (χ3v) is 5.00. The van der Waals surface area contributed by atoms with Crippen LogP contribution < -0.4 is 4.90 Å². The van der Waals surface area contributed by atoms with Crippen molar-refractivity contribution < 1.29 is 14.6 Å². The zero-order chi connectivity index (χ0) is 15.7. The minimum Gasteiger partial charge on any atom is -0.469 e. The lowest BCUT2D eigenvalue weighted by atomic mass is 10.1. The number of aliphatic hydroxyl groups is 1. The van der Waals surface area contributed by atoms with Crippen molar-refractivity contribution in [3.63, 3.8) is 0 Å². The van der Waals surface area contributed by atoms with Gasteiger partial charge in [0.15, 0.2) is 0 Å². The van der Waals surface area contributed by atoms with E-state index in [1.54, 1.807) is 0 Å². The molecule has 1 aliphatic heterocycles. The first-order chi connectivity index (χ1) is 10.6. The van der Waals surface area contributed by atoms with Crippen LogP contribution in [0.4, 0.5) is 5.69 Å². The number of carbonyl (C=O) groups is 1. The molecule has 1 aliphatic carbocycles. The number of aliphatic hydroxyl groups excluding tert-OH is 1. The van der Waals surface area contributed by atoms with E-state index < -0.39 is 6.10 Å². The second-order valence-electron chi connectivity index (χ2n) is 6.35. The van der Waals surface area contributed by atoms with Crippen molar-refractivity contribution in [2.75, 3.05) is 32.1 Å². The van der Waals surface area contributed by atoms with Crippen LogP contribution in [-0.4, -0.2) is 55.4 Å². The molecule has 1 aromatic rings. The number of carbonyl (C=O) groups excluding carboxylic acids is 1. The third kappa shape index (κ3) is 2.83. The minimum atomic E-state index is -0.459. The topological polar surface area (TPSA) is 53.0 Å². The lowest BCUT2D eigenvalue weighted by Crippen LogP contribution is -2.42. The van der Waals surface area contributed by atoms with Crippen LogP contribution in [0.2, 0.25) is 0 Å². The van der Waals surface area contributed by atoms with Gasteiger partial charge in [-0.3, -0.25) is 9.69 Å². The number of anilines is 1.